The number of ether oxygens (including phenoxy) is 2. The summed E-state index contributed by atoms with van der Waals surface area (Å²) in [5, 5.41) is 38.8. The van der Waals surface area contributed by atoms with Gasteiger partial charge in [-0.25, -0.2) is 25.4 Å². The lowest BCUT2D eigenvalue weighted by Gasteiger charge is -2.30. The lowest BCUT2D eigenvalue weighted by atomic mass is 9.97. The molecule has 0 unspecified atom stereocenters. The molecule has 0 aliphatic rings. The highest BCUT2D eigenvalue weighted by Crippen LogP contribution is 2.17. The third kappa shape index (κ3) is 24.3. The van der Waals surface area contributed by atoms with Crippen molar-refractivity contribution in [2.75, 3.05) is 0 Å². The van der Waals surface area contributed by atoms with Crippen molar-refractivity contribution in [3.63, 3.8) is 0 Å². The van der Waals surface area contributed by atoms with Gasteiger partial charge in [0.1, 0.15) is 35.9 Å². The average molecular weight is 887 g/mol. The van der Waals surface area contributed by atoms with E-state index in [1.807, 2.05) is 88.4 Å². The number of benzene rings is 2. The number of nitrogens with zero attached hydrogens (tertiary/aromatic N) is 1. The number of carbonyl (C=O) groups is 6. The summed E-state index contributed by atoms with van der Waals surface area (Å²) in [6.07, 6.45) is 2.72. The SMILES string of the molecule is CC(C)(C)OC(=O)N[C@@H](Cc1ccccc1)C(=O)O.CC[C@H](C)[C@H](N)C(=O)O[C@@H](CC(=O)O)[C@H](CC(C)C)NNN[C@@H](Cc1c[nH]cn1)C(=O)O.N[C@@H](Cc1ccccc1)C(=O)O. The van der Waals surface area contributed by atoms with Gasteiger partial charge < -0.3 is 51.7 Å². The molecule has 0 saturated carbocycles. The van der Waals surface area contributed by atoms with Crippen molar-refractivity contribution in [3.05, 3.63) is 90.0 Å². The van der Waals surface area contributed by atoms with Gasteiger partial charge in [0.15, 0.2) is 0 Å². The van der Waals surface area contributed by atoms with Crippen molar-refractivity contribution >= 4 is 35.9 Å². The molecular formula is C43H66N8O12. The van der Waals surface area contributed by atoms with Crippen LogP contribution < -0.4 is 33.2 Å². The quantitative estimate of drug-likeness (QED) is 0.0481. The van der Waals surface area contributed by atoms with Crippen LogP contribution in [0.15, 0.2) is 73.2 Å². The predicted molar refractivity (Wildman–Crippen MR) is 233 cm³/mol. The van der Waals surface area contributed by atoms with Gasteiger partial charge in [0.2, 0.25) is 0 Å². The number of H-pyrrole nitrogens is 1. The monoisotopic (exact) mass is 886 g/mol. The van der Waals surface area contributed by atoms with Gasteiger partial charge in [-0.1, -0.05) is 94.8 Å². The number of nitrogens with two attached hydrogens (primary N) is 2. The maximum atomic E-state index is 12.5. The van der Waals surface area contributed by atoms with Gasteiger partial charge in [-0.05, 0) is 56.6 Å². The van der Waals surface area contributed by atoms with Gasteiger partial charge in [-0.3, -0.25) is 19.2 Å². The van der Waals surface area contributed by atoms with Crippen LogP contribution in [-0.2, 0) is 52.7 Å². The van der Waals surface area contributed by atoms with E-state index >= 15 is 0 Å². The number of aliphatic carboxylic acids is 4. The zero-order valence-electron chi connectivity index (χ0n) is 36.9. The number of hydrazine groups is 2. The van der Waals surface area contributed by atoms with Gasteiger partial charge in [0.05, 0.1) is 24.5 Å². The number of aromatic amines is 1. The van der Waals surface area contributed by atoms with E-state index < -0.39 is 84.3 Å². The lowest BCUT2D eigenvalue weighted by Crippen LogP contribution is -2.59. The fourth-order valence-corrected chi connectivity index (χ4v) is 5.45. The molecule has 13 N–H and O–H groups in total. The summed E-state index contributed by atoms with van der Waals surface area (Å²) in [6.45, 7) is 12.7. The largest absolute Gasteiger partial charge is 0.481 e. The number of rotatable bonds is 23. The second-order valence-corrected chi connectivity index (χ2v) is 16.2. The molecule has 0 bridgehead atoms. The van der Waals surface area contributed by atoms with Crippen molar-refractivity contribution in [3.8, 4) is 0 Å². The van der Waals surface area contributed by atoms with Crippen LogP contribution in [0.2, 0.25) is 0 Å². The standard InChI is InChI=1S/C20H36N6O6.C14H19NO4.C9H11NO2/c1-5-12(4)18(21)20(31)32-16(8-17(27)28)14(6-11(2)3)24-26-25-15(19(29)30)7-13-9-22-10-23-13;1-14(2,3)19-13(18)15-11(12(16)17)9-10-7-5-4-6-8-10;10-8(9(11)12)6-7-4-2-1-3-5-7/h9-12,14-16,18,24-26H,5-8,21H2,1-4H3,(H,22,23)(H,27,28)(H,29,30);4-8,11H,9H2,1-3H3,(H,15,18)(H,16,17);1-5,8H,6,10H2,(H,11,12)/t12-,14-,15-,16-,18-;11-;8-/m000/s1. The Morgan fingerprint density at radius 3 is 1.78 bits per heavy atom. The molecule has 20 nitrogen and oxygen atoms in total. The van der Waals surface area contributed by atoms with E-state index in [4.69, 9.17) is 31.2 Å². The number of nitrogens with one attached hydrogen (secondary N) is 5. The summed E-state index contributed by atoms with van der Waals surface area (Å²) in [7, 11) is 0. The van der Waals surface area contributed by atoms with Crippen molar-refractivity contribution < 1.29 is 58.7 Å². The predicted octanol–water partition coefficient (Wildman–Crippen LogP) is 3.03. The van der Waals surface area contributed by atoms with Gasteiger partial charge in [0.25, 0.3) is 0 Å². The Hall–Kier alpha value is -5.93. The third-order valence-electron chi connectivity index (χ3n) is 9.00. The molecule has 0 aliphatic heterocycles. The zero-order chi connectivity index (χ0) is 47.7. The van der Waals surface area contributed by atoms with Crippen LogP contribution in [0, 0.1) is 11.8 Å². The van der Waals surface area contributed by atoms with Crippen LogP contribution in [0.3, 0.4) is 0 Å². The van der Waals surface area contributed by atoms with Crippen LogP contribution in [0.4, 0.5) is 4.79 Å². The third-order valence-corrected chi connectivity index (χ3v) is 9.00. The van der Waals surface area contributed by atoms with Crippen LogP contribution in [0.25, 0.3) is 0 Å². The molecule has 7 atom stereocenters. The highest BCUT2D eigenvalue weighted by atomic mass is 16.6. The number of carboxylic acids is 4. The smallest absolute Gasteiger partial charge is 0.408 e. The van der Waals surface area contributed by atoms with E-state index in [-0.39, 0.29) is 24.7 Å². The maximum absolute atomic E-state index is 12.5. The molecule has 3 aromatic rings. The molecule has 1 aromatic heterocycles. The molecule has 3 rings (SSSR count). The number of imidazole rings is 1. The molecule has 20 heteroatoms. The molecule has 0 spiro atoms. The summed E-state index contributed by atoms with van der Waals surface area (Å²) in [5.41, 5.74) is 21.2. The first-order valence-corrected chi connectivity index (χ1v) is 20.5. The molecule has 0 saturated heterocycles. The van der Waals surface area contributed by atoms with E-state index in [1.165, 1.54) is 6.33 Å². The number of hydrogen-bond donors (Lipinski definition) is 11. The van der Waals surface area contributed by atoms with Crippen molar-refractivity contribution in [1.29, 1.82) is 0 Å². The van der Waals surface area contributed by atoms with Crippen LogP contribution in [0.1, 0.15) is 84.5 Å². The number of carbonyl (C=O) groups excluding carboxylic acids is 2. The zero-order valence-corrected chi connectivity index (χ0v) is 36.9. The Kier molecular flexibility index (Phi) is 25.0. The second-order valence-electron chi connectivity index (χ2n) is 16.2. The highest BCUT2D eigenvalue weighted by Gasteiger charge is 2.32. The van der Waals surface area contributed by atoms with E-state index in [0.29, 0.717) is 25.0 Å². The Bertz CT molecular complexity index is 1810. The first-order chi connectivity index (χ1) is 29.5. The highest BCUT2D eigenvalue weighted by molar-refractivity contribution is 5.80. The van der Waals surface area contributed by atoms with Gasteiger partial charge in [-0.15, -0.1) is 0 Å². The topological polar surface area (TPSA) is 331 Å². The molecular weight excluding hydrogens is 821 g/mol. The fraction of sp³-hybridized carbons (Fsp3) is 0.512. The van der Waals surface area contributed by atoms with E-state index in [9.17, 15) is 39.0 Å². The van der Waals surface area contributed by atoms with Crippen LogP contribution in [-0.4, -0.2) is 108 Å². The number of amides is 1. The number of hydrogen-bond acceptors (Lipinski definition) is 14. The van der Waals surface area contributed by atoms with Crippen molar-refractivity contribution in [2.45, 2.75) is 129 Å². The molecule has 1 amide bonds. The van der Waals surface area contributed by atoms with Gasteiger partial charge in [-0.2, -0.15) is 5.53 Å². The molecule has 350 valence electrons. The molecule has 0 aliphatic carbocycles. The minimum atomic E-state index is -1.13. The summed E-state index contributed by atoms with van der Waals surface area (Å²) < 4.78 is 10.5. The molecule has 1 heterocycles. The van der Waals surface area contributed by atoms with Crippen molar-refractivity contribution in [2.24, 2.45) is 23.3 Å². The number of esters is 1. The van der Waals surface area contributed by atoms with Crippen LogP contribution >= 0.6 is 0 Å². The fourth-order valence-electron chi connectivity index (χ4n) is 5.45. The number of carboxylic acid groups (broad SMARTS) is 4. The Balaban J connectivity index is 0.000000535. The first-order valence-electron chi connectivity index (χ1n) is 20.5. The Morgan fingerprint density at radius 2 is 1.33 bits per heavy atom. The summed E-state index contributed by atoms with van der Waals surface area (Å²) in [6, 6.07) is 14.2. The second kappa shape index (κ2) is 28.6. The summed E-state index contributed by atoms with van der Waals surface area (Å²) in [5.74, 6) is -4.94. The summed E-state index contributed by atoms with van der Waals surface area (Å²) >= 11 is 0. The van der Waals surface area contributed by atoms with E-state index in [1.54, 1.807) is 27.0 Å². The number of aromatic nitrogens is 2. The Labute approximate surface area is 367 Å². The first kappa shape index (κ1) is 55.1. The minimum absolute atomic E-state index is 0.111. The number of alkyl carbamates (subject to hydrolysis) is 1. The van der Waals surface area contributed by atoms with E-state index in [0.717, 1.165) is 11.1 Å². The normalized spacial score (nSPS) is 14.4. The average Bonchev–Trinajstić information content (AvgIpc) is 3.72. The van der Waals surface area contributed by atoms with E-state index in [2.05, 4.69) is 31.7 Å². The molecule has 0 fully saturated rings. The van der Waals surface area contributed by atoms with Crippen molar-refractivity contribution in [1.82, 2.24) is 31.7 Å². The lowest BCUT2D eigenvalue weighted by molar-refractivity contribution is -0.157. The van der Waals surface area contributed by atoms with Gasteiger partial charge >= 0.3 is 35.9 Å². The maximum Gasteiger partial charge on any atom is 0.408 e. The summed E-state index contributed by atoms with van der Waals surface area (Å²) in [4.78, 5) is 75.3. The Morgan fingerprint density at radius 1 is 0.778 bits per heavy atom. The molecule has 63 heavy (non-hydrogen) atoms. The van der Waals surface area contributed by atoms with Gasteiger partial charge in [0, 0.05) is 19.0 Å². The molecule has 2 aromatic carbocycles. The minimum Gasteiger partial charge on any atom is -0.481 e. The van der Waals surface area contributed by atoms with Crippen LogP contribution in [0.5, 0.6) is 0 Å². The molecule has 0 radical (unpaired) electrons.